The van der Waals surface area contributed by atoms with Crippen LogP contribution in [0, 0.1) is 11.8 Å². The van der Waals surface area contributed by atoms with Gasteiger partial charge in [0.2, 0.25) is 0 Å². The molecule has 4 atom stereocenters. The van der Waals surface area contributed by atoms with Crippen molar-refractivity contribution >= 4 is 0 Å². The van der Waals surface area contributed by atoms with E-state index in [0.717, 1.165) is 32.4 Å². The Kier molecular flexibility index (Phi) is 5.95. The molecule has 1 saturated heterocycles. The van der Waals surface area contributed by atoms with Crippen molar-refractivity contribution in [3.8, 4) is 0 Å². The molecule has 1 heterocycles. The van der Waals surface area contributed by atoms with Gasteiger partial charge in [-0.25, -0.2) is 0 Å². The van der Waals surface area contributed by atoms with Crippen LogP contribution < -0.4 is 5.32 Å². The van der Waals surface area contributed by atoms with Crippen molar-refractivity contribution in [2.24, 2.45) is 11.8 Å². The summed E-state index contributed by atoms with van der Waals surface area (Å²) < 4.78 is 39.0. The van der Waals surface area contributed by atoms with Crippen LogP contribution in [-0.4, -0.2) is 42.8 Å². The normalized spacial score (nSPS) is 35.9. The number of nitrogens with zero attached hydrogens (tertiary/aromatic N) is 1. The first kappa shape index (κ1) is 17.1. The Hall–Kier alpha value is -0.290. The van der Waals surface area contributed by atoms with Gasteiger partial charge in [0.05, 0.1) is 5.92 Å². The maximum absolute atomic E-state index is 13.0. The van der Waals surface area contributed by atoms with Crippen molar-refractivity contribution in [3.05, 3.63) is 0 Å². The van der Waals surface area contributed by atoms with E-state index < -0.39 is 12.1 Å². The lowest BCUT2D eigenvalue weighted by molar-refractivity contribution is -0.189. The molecule has 1 N–H and O–H groups in total. The fourth-order valence-corrected chi connectivity index (χ4v) is 3.90. The first-order valence-corrected chi connectivity index (χ1v) is 8.46. The number of alkyl halides is 3. The molecule has 0 amide bonds. The largest absolute Gasteiger partial charge is 0.393 e. The molecule has 2 nitrogen and oxygen atoms in total. The summed E-state index contributed by atoms with van der Waals surface area (Å²) in [4.78, 5) is 2.13. The second kappa shape index (κ2) is 7.32. The van der Waals surface area contributed by atoms with Gasteiger partial charge in [0, 0.05) is 18.6 Å². The van der Waals surface area contributed by atoms with Crippen LogP contribution >= 0.6 is 0 Å². The molecule has 2 aliphatic rings. The Morgan fingerprint density at radius 2 is 1.95 bits per heavy atom. The van der Waals surface area contributed by atoms with Crippen LogP contribution in [0.1, 0.15) is 52.4 Å². The molecular formula is C16H29F3N2. The molecule has 1 saturated carbocycles. The molecule has 1 aliphatic carbocycles. The lowest BCUT2D eigenvalue weighted by atomic mass is 9.81. The lowest BCUT2D eigenvalue weighted by Crippen LogP contribution is -2.56. The van der Waals surface area contributed by atoms with Crippen LogP contribution in [0.25, 0.3) is 0 Å². The van der Waals surface area contributed by atoms with Gasteiger partial charge < -0.3 is 5.32 Å². The van der Waals surface area contributed by atoms with E-state index in [1.807, 2.05) is 0 Å². The number of halogens is 3. The van der Waals surface area contributed by atoms with E-state index in [-0.39, 0.29) is 12.6 Å². The Morgan fingerprint density at radius 3 is 2.62 bits per heavy atom. The molecule has 21 heavy (non-hydrogen) atoms. The van der Waals surface area contributed by atoms with Crippen LogP contribution in [0.15, 0.2) is 0 Å². The maximum Gasteiger partial charge on any atom is 0.393 e. The second-order valence-corrected chi connectivity index (χ2v) is 6.92. The highest BCUT2D eigenvalue weighted by Crippen LogP contribution is 2.36. The average Bonchev–Trinajstić information content (AvgIpc) is 2.45. The van der Waals surface area contributed by atoms with Crippen LogP contribution in [0.3, 0.4) is 0 Å². The molecule has 0 aromatic heterocycles. The van der Waals surface area contributed by atoms with Gasteiger partial charge in [0.1, 0.15) is 0 Å². The highest BCUT2D eigenvalue weighted by Gasteiger charge is 2.44. The van der Waals surface area contributed by atoms with E-state index in [4.69, 9.17) is 0 Å². The summed E-state index contributed by atoms with van der Waals surface area (Å²) in [5.41, 5.74) is 0. The summed E-state index contributed by atoms with van der Waals surface area (Å²) in [6.45, 7) is 6.35. The number of rotatable bonds is 4. The van der Waals surface area contributed by atoms with Crippen molar-refractivity contribution in [2.75, 3.05) is 19.6 Å². The zero-order valence-corrected chi connectivity index (χ0v) is 13.3. The summed E-state index contributed by atoms with van der Waals surface area (Å²) in [6.07, 6.45) is 1.33. The number of nitrogens with one attached hydrogen (secondary N) is 1. The third-order valence-electron chi connectivity index (χ3n) is 5.12. The summed E-state index contributed by atoms with van der Waals surface area (Å²) in [6, 6.07) is 0.651. The molecule has 4 unspecified atom stereocenters. The fraction of sp³-hybridized carbons (Fsp3) is 1.00. The molecule has 0 spiro atoms. The first-order chi connectivity index (χ1) is 9.91. The number of hydrogen-bond acceptors (Lipinski definition) is 2. The number of piperidine rings is 1. The van der Waals surface area contributed by atoms with Crippen LogP contribution in [0.2, 0.25) is 0 Å². The topological polar surface area (TPSA) is 15.3 Å². The molecule has 0 radical (unpaired) electrons. The smallest absolute Gasteiger partial charge is 0.312 e. The zero-order valence-electron chi connectivity index (χ0n) is 13.3. The second-order valence-electron chi connectivity index (χ2n) is 6.92. The van der Waals surface area contributed by atoms with E-state index in [2.05, 4.69) is 24.1 Å². The Bertz CT molecular complexity index is 317. The van der Waals surface area contributed by atoms with E-state index in [0.29, 0.717) is 24.8 Å². The van der Waals surface area contributed by atoms with Gasteiger partial charge in [0.25, 0.3) is 0 Å². The molecular weight excluding hydrogens is 277 g/mol. The highest BCUT2D eigenvalue weighted by molar-refractivity contribution is 4.93. The summed E-state index contributed by atoms with van der Waals surface area (Å²) in [7, 11) is 0. The minimum absolute atomic E-state index is 0.200. The molecule has 0 bridgehead atoms. The molecule has 2 fully saturated rings. The van der Waals surface area contributed by atoms with Crippen molar-refractivity contribution in [3.63, 3.8) is 0 Å². The minimum Gasteiger partial charge on any atom is -0.312 e. The van der Waals surface area contributed by atoms with E-state index in [1.54, 1.807) is 0 Å². The number of hydrogen-bond donors (Lipinski definition) is 1. The molecule has 5 heteroatoms. The van der Waals surface area contributed by atoms with E-state index >= 15 is 0 Å². The Labute approximate surface area is 126 Å². The third kappa shape index (κ3) is 4.59. The predicted octanol–water partition coefficient (Wildman–Crippen LogP) is 3.82. The minimum atomic E-state index is -4.04. The van der Waals surface area contributed by atoms with Crippen molar-refractivity contribution < 1.29 is 13.2 Å². The van der Waals surface area contributed by atoms with Gasteiger partial charge in [-0.05, 0) is 57.5 Å². The highest BCUT2D eigenvalue weighted by atomic mass is 19.4. The van der Waals surface area contributed by atoms with Crippen molar-refractivity contribution in [1.29, 1.82) is 0 Å². The molecule has 2 rings (SSSR count). The monoisotopic (exact) mass is 306 g/mol. The van der Waals surface area contributed by atoms with Gasteiger partial charge in [0.15, 0.2) is 0 Å². The fourth-order valence-electron chi connectivity index (χ4n) is 3.90. The molecule has 0 aromatic carbocycles. The van der Waals surface area contributed by atoms with Gasteiger partial charge in [-0.3, -0.25) is 4.90 Å². The molecule has 1 aliphatic heterocycles. The summed E-state index contributed by atoms with van der Waals surface area (Å²) in [5, 5.41) is 3.57. The van der Waals surface area contributed by atoms with Crippen LogP contribution in [0.4, 0.5) is 13.2 Å². The summed E-state index contributed by atoms with van der Waals surface area (Å²) in [5.74, 6) is -0.503. The Balaban J connectivity index is 2.01. The standard InChI is InChI=1S/C16H29F3N2/c1-3-8-20-14-7-6-12(2)10-15(14)21-9-4-5-13(11-21)16(17,18)19/h12-15,20H,3-11H2,1-2H3. The van der Waals surface area contributed by atoms with Crippen LogP contribution in [-0.2, 0) is 0 Å². The van der Waals surface area contributed by atoms with E-state index in [9.17, 15) is 13.2 Å². The van der Waals surface area contributed by atoms with Crippen molar-refractivity contribution in [1.82, 2.24) is 10.2 Å². The molecule has 124 valence electrons. The molecule has 0 aromatic rings. The first-order valence-electron chi connectivity index (χ1n) is 8.46. The maximum atomic E-state index is 13.0. The van der Waals surface area contributed by atoms with Crippen molar-refractivity contribution in [2.45, 2.75) is 70.6 Å². The van der Waals surface area contributed by atoms with Crippen LogP contribution in [0.5, 0.6) is 0 Å². The summed E-state index contributed by atoms with van der Waals surface area (Å²) >= 11 is 0. The van der Waals surface area contributed by atoms with Gasteiger partial charge >= 0.3 is 6.18 Å². The average molecular weight is 306 g/mol. The van der Waals surface area contributed by atoms with E-state index in [1.165, 1.54) is 6.42 Å². The SMILES string of the molecule is CCCNC1CCC(C)CC1N1CCCC(C(F)(F)F)C1. The van der Waals surface area contributed by atoms with Gasteiger partial charge in [-0.2, -0.15) is 13.2 Å². The quantitative estimate of drug-likeness (QED) is 0.849. The lowest BCUT2D eigenvalue weighted by Gasteiger charge is -2.46. The predicted molar refractivity (Wildman–Crippen MR) is 79.2 cm³/mol. The third-order valence-corrected chi connectivity index (χ3v) is 5.12. The van der Waals surface area contributed by atoms with Gasteiger partial charge in [-0.1, -0.05) is 13.8 Å². The zero-order chi connectivity index (χ0) is 15.5. The van der Waals surface area contributed by atoms with Gasteiger partial charge in [-0.15, -0.1) is 0 Å². The Morgan fingerprint density at radius 1 is 1.19 bits per heavy atom. The number of likely N-dealkylation sites (tertiary alicyclic amines) is 1.